The maximum absolute atomic E-state index is 12.3. The van der Waals surface area contributed by atoms with Gasteiger partial charge in [0.2, 0.25) is 0 Å². The fourth-order valence-corrected chi connectivity index (χ4v) is 2.82. The Morgan fingerprint density at radius 3 is 3.05 bits per heavy atom. The van der Waals surface area contributed by atoms with Crippen molar-refractivity contribution in [3.05, 3.63) is 18.3 Å². The van der Waals surface area contributed by atoms with Gasteiger partial charge in [-0.05, 0) is 50.4 Å². The highest BCUT2D eigenvalue weighted by molar-refractivity contribution is 5.98. The van der Waals surface area contributed by atoms with Crippen molar-refractivity contribution in [3.63, 3.8) is 0 Å². The van der Waals surface area contributed by atoms with E-state index in [9.17, 15) is 4.79 Å². The topological polar surface area (TPSA) is 54.5 Å². The van der Waals surface area contributed by atoms with Crippen LogP contribution < -0.4 is 15.0 Å². The molecule has 0 spiro atoms. The van der Waals surface area contributed by atoms with Crippen LogP contribution in [0.1, 0.15) is 19.3 Å². The zero-order chi connectivity index (χ0) is 13.2. The van der Waals surface area contributed by atoms with Gasteiger partial charge in [-0.1, -0.05) is 0 Å². The summed E-state index contributed by atoms with van der Waals surface area (Å²) in [7, 11) is 1.77. The number of nitrogens with one attached hydrogen (secondary N) is 1. The number of hydrogen-bond acceptors (Lipinski definition) is 4. The van der Waals surface area contributed by atoms with Crippen LogP contribution in [-0.4, -0.2) is 37.1 Å². The number of fused-ring (bicyclic) bond motifs is 1. The van der Waals surface area contributed by atoms with Gasteiger partial charge >= 0.3 is 0 Å². The predicted molar refractivity (Wildman–Crippen MR) is 72.3 cm³/mol. The van der Waals surface area contributed by atoms with Crippen LogP contribution in [0.15, 0.2) is 18.3 Å². The van der Waals surface area contributed by atoms with E-state index in [0.29, 0.717) is 17.5 Å². The van der Waals surface area contributed by atoms with E-state index in [0.717, 1.165) is 32.4 Å². The molecular formula is C14H19N3O2. The van der Waals surface area contributed by atoms with E-state index in [2.05, 4.69) is 10.3 Å². The first-order valence-corrected chi connectivity index (χ1v) is 6.85. The number of pyridine rings is 1. The first kappa shape index (κ1) is 12.4. The Kier molecular flexibility index (Phi) is 3.38. The highest BCUT2D eigenvalue weighted by Gasteiger charge is 2.34. The van der Waals surface area contributed by atoms with Gasteiger partial charge in [0.1, 0.15) is 0 Å². The summed E-state index contributed by atoms with van der Waals surface area (Å²) in [6.45, 7) is 2.08. The summed E-state index contributed by atoms with van der Waals surface area (Å²) in [5.41, 5.74) is 0. The number of piperidine rings is 1. The number of aromatic nitrogens is 1. The van der Waals surface area contributed by atoms with Crippen molar-refractivity contribution in [3.8, 4) is 5.75 Å². The molecule has 1 atom stereocenters. The SMILES string of the molecule is CN1C(=O)C(CC2CCNCC2)Oc2cccnc21. The van der Waals surface area contributed by atoms with Gasteiger partial charge in [-0.15, -0.1) is 0 Å². The molecule has 1 aromatic rings. The van der Waals surface area contributed by atoms with E-state index in [1.165, 1.54) is 0 Å². The molecule has 1 aromatic heterocycles. The molecule has 19 heavy (non-hydrogen) atoms. The third-order valence-electron chi connectivity index (χ3n) is 3.95. The predicted octanol–water partition coefficient (Wildman–Crippen LogP) is 1.20. The second kappa shape index (κ2) is 5.17. The lowest BCUT2D eigenvalue weighted by Crippen LogP contribution is -2.45. The standard InChI is InChI=1S/C14H19N3O2/c1-17-13-11(3-2-6-16-13)19-12(14(17)18)9-10-4-7-15-8-5-10/h2-3,6,10,12,15H,4-5,7-9H2,1H3. The van der Waals surface area contributed by atoms with E-state index < -0.39 is 0 Å². The zero-order valence-electron chi connectivity index (χ0n) is 11.1. The summed E-state index contributed by atoms with van der Waals surface area (Å²) in [6.07, 6.45) is 4.37. The first-order valence-electron chi connectivity index (χ1n) is 6.85. The molecule has 1 unspecified atom stereocenters. The second-order valence-corrected chi connectivity index (χ2v) is 5.26. The first-order chi connectivity index (χ1) is 9.25. The Balaban J connectivity index is 1.75. The van der Waals surface area contributed by atoms with E-state index in [-0.39, 0.29) is 12.0 Å². The van der Waals surface area contributed by atoms with Gasteiger partial charge in [0.25, 0.3) is 5.91 Å². The number of nitrogens with zero attached hydrogens (tertiary/aromatic N) is 2. The maximum atomic E-state index is 12.3. The molecule has 1 fully saturated rings. The number of ether oxygens (including phenoxy) is 1. The van der Waals surface area contributed by atoms with Gasteiger partial charge in [0.15, 0.2) is 17.7 Å². The van der Waals surface area contributed by atoms with Crippen LogP contribution >= 0.6 is 0 Å². The van der Waals surface area contributed by atoms with Gasteiger partial charge < -0.3 is 10.1 Å². The normalized spacial score (nSPS) is 23.9. The highest BCUT2D eigenvalue weighted by atomic mass is 16.5. The van der Waals surface area contributed by atoms with Gasteiger partial charge in [0, 0.05) is 13.2 Å². The van der Waals surface area contributed by atoms with Crippen LogP contribution in [0.3, 0.4) is 0 Å². The zero-order valence-corrected chi connectivity index (χ0v) is 11.1. The number of likely N-dealkylation sites (N-methyl/N-ethyl adjacent to an activating group) is 1. The summed E-state index contributed by atoms with van der Waals surface area (Å²) < 4.78 is 5.84. The number of anilines is 1. The van der Waals surface area contributed by atoms with Crippen molar-refractivity contribution in [2.75, 3.05) is 25.0 Å². The van der Waals surface area contributed by atoms with Crippen molar-refractivity contribution in [2.24, 2.45) is 5.92 Å². The fourth-order valence-electron chi connectivity index (χ4n) is 2.82. The molecule has 1 amide bonds. The van der Waals surface area contributed by atoms with Crippen molar-refractivity contribution in [2.45, 2.75) is 25.4 Å². The lowest BCUT2D eigenvalue weighted by atomic mass is 9.91. The number of carbonyl (C=O) groups excluding carboxylic acids is 1. The Labute approximate surface area is 113 Å². The summed E-state index contributed by atoms with van der Waals surface area (Å²) in [4.78, 5) is 18.1. The monoisotopic (exact) mass is 261 g/mol. The molecule has 1 saturated heterocycles. The van der Waals surface area contributed by atoms with E-state index in [1.807, 2.05) is 12.1 Å². The van der Waals surface area contributed by atoms with Gasteiger partial charge in [-0.2, -0.15) is 0 Å². The molecular weight excluding hydrogens is 242 g/mol. The van der Waals surface area contributed by atoms with Crippen LogP contribution in [0.5, 0.6) is 5.75 Å². The third kappa shape index (κ3) is 2.42. The van der Waals surface area contributed by atoms with Crippen LogP contribution in [-0.2, 0) is 4.79 Å². The molecule has 3 heterocycles. The molecule has 0 radical (unpaired) electrons. The molecule has 5 heteroatoms. The Morgan fingerprint density at radius 1 is 1.47 bits per heavy atom. The number of hydrogen-bond donors (Lipinski definition) is 1. The van der Waals surface area contributed by atoms with Crippen LogP contribution in [0.2, 0.25) is 0 Å². The van der Waals surface area contributed by atoms with Crippen molar-refractivity contribution >= 4 is 11.7 Å². The van der Waals surface area contributed by atoms with Crippen molar-refractivity contribution < 1.29 is 9.53 Å². The van der Waals surface area contributed by atoms with Gasteiger partial charge in [-0.3, -0.25) is 9.69 Å². The van der Waals surface area contributed by atoms with Crippen LogP contribution in [0, 0.1) is 5.92 Å². The lowest BCUT2D eigenvalue weighted by molar-refractivity contribution is -0.127. The molecule has 2 aliphatic heterocycles. The summed E-state index contributed by atoms with van der Waals surface area (Å²) in [5, 5.41) is 3.34. The van der Waals surface area contributed by atoms with E-state index >= 15 is 0 Å². The van der Waals surface area contributed by atoms with Crippen molar-refractivity contribution in [1.82, 2.24) is 10.3 Å². The molecule has 0 bridgehead atoms. The van der Waals surface area contributed by atoms with Gasteiger partial charge in [0.05, 0.1) is 0 Å². The van der Waals surface area contributed by atoms with E-state index in [4.69, 9.17) is 4.74 Å². The third-order valence-corrected chi connectivity index (χ3v) is 3.95. The fraction of sp³-hybridized carbons (Fsp3) is 0.571. The molecule has 102 valence electrons. The summed E-state index contributed by atoms with van der Waals surface area (Å²) >= 11 is 0. The second-order valence-electron chi connectivity index (χ2n) is 5.26. The average molecular weight is 261 g/mol. The molecule has 1 N–H and O–H groups in total. The summed E-state index contributed by atoms with van der Waals surface area (Å²) in [5.74, 6) is 1.92. The molecule has 2 aliphatic rings. The average Bonchev–Trinajstić information content (AvgIpc) is 2.46. The molecule has 5 nitrogen and oxygen atoms in total. The lowest BCUT2D eigenvalue weighted by Gasteiger charge is -2.33. The molecule has 3 rings (SSSR count). The molecule has 0 aliphatic carbocycles. The number of carbonyl (C=O) groups is 1. The minimum absolute atomic E-state index is 0.0183. The smallest absolute Gasteiger partial charge is 0.269 e. The molecule has 0 saturated carbocycles. The highest BCUT2D eigenvalue weighted by Crippen LogP contribution is 2.33. The minimum atomic E-state index is -0.357. The number of amides is 1. The van der Waals surface area contributed by atoms with Gasteiger partial charge in [-0.25, -0.2) is 4.98 Å². The Bertz CT molecular complexity index is 472. The van der Waals surface area contributed by atoms with Crippen molar-refractivity contribution in [1.29, 1.82) is 0 Å². The molecule has 0 aromatic carbocycles. The van der Waals surface area contributed by atoms with Crippen LogP contribution in [0.25, 0.3) is 0 Å². The Hall–Kier alpha value is -1.62. The minimum Gasteiger partial charge on any atom is -0.477 e. The summed E-state index contributed by atoms with van der Waals surface area (Å²) in [6, 6.07) is 3.71. The van der Waals surface area contributed by atoms with E-state index in [1.54, 1.807) is 18.1 Å². The Morgan fingerprint density at radius 2 is 2.26 bits per heavy atom. The van der Waals surface area contributed by atoms with Crippen LogP contribution in [0.4, 0.5) is 5.82 Å². The quantitative estimate of drug-likeness (QED) is 0.869. The number of rotatable bonds is 2. The largest absolute Gasteiger partial charge is 0.477 e. The maximum Gasteiger partial charge on any atom is 0.269 e.